The third-order valence-electron chi connectivity index (χ3n) is 2.45. The first kappa shape index (κ1) is 10.4. The van der Waals surface area contributed by atoms with E-state index in [9.17, 15) is 4.79 Å². The molecule has 1 fully saturated rings. The van der Waals surface area contributed by atoms with Crippen molar-refractivity contribution in [2.75, 3.05) is 0 Å². The Balaban J connectivity index is 2.11. The Bertz CT molecular complexity index is 383. The van der Waals surface area contributed by atoms with Gasteiger partial charge in [-0.05, 0) is 24.1 Å². The fourth-order valence-electron chi connectivity index (χ4n) is 1.66. The minimum absolute atomic E-state index is 0.00444. The lowest BCUT2D eigenvalue weighted by Gasteiger charge is -2.09. The van der Waals surface area contributed by atoms with Crippen LogP contribution in [0.15, 0.2) is 24.3 Å². The summed E-state index contributed by atoms with van der Waals surface area (Å²) in [6, 6.07) is 6.88. The van der Waals surface area contributed by atoms with E-state index in [2.05, 4.69) is 10.9 Å². The molecule has 4 nitrogen and oxygen atoms in total. The van der Waals surface area contributed by atoms with Crippen molar-refractivity contribution in [2.24, 2.45) is 0 Å². The third-order valence-corrected chi connectivity index (χ3v) is 2.69. The van der Waals surface area contributed by atoms with Gasteiger partial charge in [-0.3, -0.25) is 4.79 Å². The van der Waals surface area contributed by atoms with Crippen LogP contribution in [0, 0.1) is 0 Å². The molecule has 5 heteroatoms. The molecule has 0 spiro atoms. The normalized spacial score (nSPS) is 25.4. The number of halogens is 1. The van der Waals surface area contributed by atoms with Crippen molar-refractivity contribution in [1.29, 1.82) is 0 Å². The second kappa shape index (κ2) is 4.18. The summed E-state index contributed by atoms with van der Waals surface area (Å²) in [6.07, 6.45) is 0.523. The molecule has 0 amide bonds. The molecule has 1 aliphatic rings. The van der Waals surface area contributed by atoms with Crippen LogP contribution in [0.5, 0.6) is 0 Å². The maximum Gasteiger partial charge on any atom is 0.322 e. The van der Waals surface area contributed by atoms with Crippen molar-refractivity contribution >= 4 is 17.6 Å². The lowest BCUT2D eigenvalue weighted by molar-refractivity contribution is -0.139. The Labute approximate surface area is 92.2 Å². The van der Waals surface area contributed by atoms with E-state index >= 15 is 0 Å². The summed E-state index contributed by atoms with van der Waals surface area (Å²) >= 11 is 5.86. The van der Waals surface area contributed by atoms with Gasteiger partial charge in [0.2, 0.25) is 0 Å². The molecule has 2 rings (SSSR count). The van der Waals surface area contributed by atoms with E-state index in [4.69, 9.17) is 16.7 Å². The number of carbonyl (C=O) groups is 1. The lowest BCUT2D eigenvalue weighted by Crippen LogP contribution is -2.36. The number of carboxylic acid groups (broad SMARTS) is 1. The molecule has 80 valence electrons. The highest BCUT2D eigenvalue weighted by atomic mass is 35.5. The van der Waals surface area contributed by atoms with Crippen LogP contribution in [0.25, 0.3) is 0 Å². The van der Waals surface area contributed by atoms with Crippen LogP contribution >= 0.6 is 11.6 Å². The molecule has 1 aliphatic heterocycles. The highest BCUT2D eigenvalue weighted by Crippen LogP contribution is 2.24. The summed E-state index contributed by atoms with van der Waals surface area (Å²) in [4.78, 5) is 10.7. The van der Waals surface area contributed by atoms with Crippen molar-refractivity contribution < 1.29 is 9.90 Å². The van der Waals surface area contributed by atoms with Gasteiger partial charge in [-0.1, -0.05) is 23.7 Å². The number of rotatable bonds is 2. The molecule has 2 atom stereocenters. The van der Waals surface area contributed by atoms with E-state index in [0.29, 0.717) is 11.4 Å². The van der Waals surface area contributed by atoms with Crippen molar-refractivity contribution in [3.8, 4) is 0 Å². The van der Waals surface area contributed by atoms with Crippen molar-refractivity contribution in [2.45, 2.75) is 18.5 Å². The zero-order chi connectivity index (χ0) is 10.8. The van der Waals surface area contributed by atoms with Gasteiger partial charge in [0, 0.05) is 11.1 Å². The third kappa shape index (κ3) is 2.28. The fraction of sp³-hybridized carbons (Fsp3) is 0.300. The average molecular weight is 227 g/mol. The van der Waals surface area contributed by atoms with Crippen molar-refractivity contribution in [1.82, 2.24) is 10.9 Å². The van der Waals surface area contributed by atoms with Gasteiger partial charge in [0.15, 0.2) is 0 Å². The topological polar surface area (TPSA) is 61.4 Å². The van der Waals surface area contributed by atoms with E-state index < -0.39 is 12.0 Å². The number of hydrogen-bond donors (Lipinski definition) is 3. The number of nitrogens with one attached hydrogen (secondary N) is 2. The highest BCUT2D eigenvalue weighted by molar-refractivity contribution is 6.30. The minimum atomic E-state index is -0.841. The first-order valence-electron chi connectivity index (χ1n) is 4.66. The summed E-state index contributed by atoms with van der Waals surface area (Å²) in [5, 5.41) is 9.46. The molecule has 0 radical (unpaired) electrons. The average Bonchev–Trinajstić information content (AvgIpc) is 2.66. The molecule has 15 heavy (non-hydrogen) atoms. The van der Waals surface area contributed by atoms with Crippen molar-refractivity contribution in [3.63, 3.8) is 0 Å². The van der Waals surface area contributed by atoms with Gasteiger partial charge in [-0.25, -0.2) is 10.9 Å². The molecule has 2 unspecified atom stereocenters. The maximum atomic E-state index is 10.7. The number of aliphatic carboxylic acids is 1. The van der Waals surface area contributed by atoms with E-state index in [0.717, 1.165) is 5.56 Å². The van der Waals surface area contributed by atoms with E-state index in [-0.39, 0.29) is 6.04 Å². The molecule has 1 aromatic rings. The minimum Gasteiger partial charge on any atom is -0.480 e. The number of benzene rings is 1. The van der Waals surface area contributed by atoms with Gasteiger partial charge in [-0.2, -0.15) is 0 Å². The largest absolute Gasteiger partial charge is 0.480 e. The molecule has 0 aromatic heterocycles. The van der Waals surface area contributed by atoms with Gasteiger partial charge < -0.3 is 5.11 Å². The predicted molar refractivity (Wildman–Crippen MR) is 56.5 cm³/mol. The SMILES string of the molecule is O=C(O)C1CC(c2cccc(Cl)c2)NN1. The predicted octanol–water partition coefficient (Wildman–Crippen LogP) is 1.33. The lowest BCUT2D eigenvalue weighted by atomic mass is 10.0. The van der Waals surface area contributed by atoms with Crippen LogP contribution in [0.3, 0.4) is 0 Å². The standard InChI is InChI=1S/C10H11ClN2O2/c11-7-3-1-2-6(4-7)8-5-9(10(14)15)13-12-8/h1-4,8-9,12-13H,5H2,(H,14,15). The summed E-state index contributed by atoms with van der Waals surface area (Å²) in [6.45, 7) is 0. The fourth-order valence-corrected chi connectivity index (χ4v) is 1.86. The number of carboxylic acids is 1. The quantitative estimate of drug-likeness (QED) is 0.712. The van der Waals surface area contributed by atoms with Crippen LogP contribution in [0.2, 0.25) is 5.02 Å². The summed E-state index contributed by atoms with van der Waals surface area (Å²) < 4.78 is 0. The highest BCUT2D eigenvalue weighted by Gasteiger charge is 2.29. The van der Waals surface area contributed by atoms with Gasteiger partial charge in [0.1, 0.15) is 6.04 Å². The van der Waals surface area contributed by atoms with Crippen LogP contribution in [0.4, 0.5) is 0 Å². The van der Waals surface area contributed by atoms with Crippen LogP contribution in [0.1, 0.15) is 18.0 Å². The zero-order valence-electron chi connectivity index (χ0n) is 7.90. The Morgan fingerprint density at radius 1 is 1.47 bits per heavy atom. The van der Waals surface area contributed by atoms with Crippen LogP contribution in [-0.4, -0.2) is 17.1 Å². The molecular formula is C10H11ClN2O2. The molecule has 3 N–H and O–H groups in total. The number of hydrazine groups is 1. The first-order chi connectivity index (χ1) is 7.16. The van der Waals surface area contributed by atoms with Crippen LogP contribution < -0.4 is 10.9 Å². The first-order valence-corrected chi connectivity index (χ1v) is 5.04. The zero-order valence-corrected chi connectivity index (χ0v) is 8.66. The summed E-state index contributed by atoms with van der Waals surface area (Å²) in [7, 11) is 0. The van der Waals surface area contributed by atoms with Gasteiger partial charge in [-0.15, -0.1) is 0 Å². The maximum absolute atomic E-state index is 10.7. The molecule has 1 heterocycles. The Morgan fingerprint density at radius 2 is 2.27 bits per heavy atom. The second-order valence-electron chi connectivity index (χ2n) is 3.52. The molecule has 0 saturated carbocycles. The van der Waals surface area contributed by atoms with E-state index in [1.54, 1.807) is 6.07 Å². The summed E-state index contributed by atoms with van der Waals surface area (Å²) in [5.41, 5.74) is 6.67. The summed E-state index contributed by atoms with van der Waals surface area (Å²) in [5.74, 6) is -0.841. The Hall–Kier alpha value is -1.10. The smallest absolute Gasteiger partial charge is 0.322 e. The monoisotopic (exact) mass is 226 g/mol. The van der Waals surface area contributed by atoms with Gasteiger partial charge in [0.25, 0.3) is 0 Å². The molecule has 0 bridgehead atoms. The van der Waals surface area contributed by atoms with Gasteiger partial charge in [0.05, 0.1) is 0 Å². The van der Waals surface area contributed by atoms with Crippen LogP contribution in [-0.2, 0) is 4.79 Å². The Morgan fingerprint density at radius 3 is 2.87 bits per heavy atom. The van der Waals surface area contributed by atoms with Crippen molar-refractivity contribution in [3.05, 3.63) is 34.9 Å². The van der Waals surface area contributed by atoms with E-state index in [1.165, 1.54) is 0 Å². The second-order valence-corrected chi connectivity index (χ2v) is 3.96. The molecule has 1 saturated heterocycles. The van der Waals surface area contributed by atoms with E-state index in [1.807, 2.05) is 18.2 Å². The number of hydrogen-bond acceptors (Lipinski definition) is 3. The molecule has 1 aromatic carbocycles. The molecular weight excluding hydrogens is 216 g/mol. The Kier molecular flexibility index (Phi) is 2.90. The molecule has 0 aliphatic carbocycles. The van der Waals surface area contributed by atoms with Gasteiger partial charge >= 0.3 is 5.97 Å².